The van der Waals surface area contributed by atoms with Crippen molar-refractivity contribution in [2.45, 2.75) is 44.8 Å². The maximum atomic E-state index is 12.4. The lowest BCUT2D eigenvalue weighted by molar-refractivity contribution is -0.138. The molecule has 0 aromatic rings. The van der Waals surface area contributed by atoms with Crippen LogP contribution < -0.4 is 5.73 Å². The largest absolute Gasteiger partial charge is 0.376 e. The summed E-state index contributed by atoms with van der Waals surface area (Å²) in [4.78, 5) is 14.3. The molecule has 5 nitrogen and oxygen atoms in total. The molecule has 19 heavy (non-hydrogen) atoms. The number of ether oxygens (including phenoxy) is 2. The van der Waals surface area contributed by atoms with Crippen molar-refractivity contribution >= 4 is 5.91 Å². The van der Waals surface area contributed by atoms with E-state index in [0.29, 0.717) is 19.6 Å². The highest BCUT2D eigenvalue weighted by molar-refractivity contribution is 5.78. The summed E-state index contributed by atoms with van der Waals surface area (Å²) in [6, 6.07) is 0. The van der Waals surface area contributed by atoms with E-state index in [1.807, 2.05) is 11.8 Å². The van der Waals surface area contributed by atoms with Crippen LogP contribution in [0.15, 0.2) is 0 Å². The minimum absolute atomic E-state index is 0.122. The minimum atomic E-state index is -0.122. The Kier molecular flexibility index (Phi) is 5.60. The Hall–Kier alpha value is -0.650. The van der Waals surface area contributed by atoms with Gasteiger partial charge in [0, 0.05) is 38.8 Å². The molecule has 2 N–H and O–H groups in total. The van der Waals surface area contributed by atoms with E-state index in [2.05, 4.69) is 0 Å². The normalized spacial score (nSPS) is 28.5. The highest BCUT2D eigenvalue weighted by atomic mass is 16.5. The molecule has 0 spiro atoms. The fourth-order valence-electron chi connectivity index (χ4n) is 2.74. The maximum Gasteiger partial charge on any atom is 0.226 e. The number of hydrogen-bond donors (Lipinski definition) is 1. The summed E-state index contributed by atoms with van der Waals surface area (Å²) in [7, 11) is 0. The number of rotatable bonds is 6. The van der Waals surface area contributed by atoms with Crippen molar-refractivity contribution in [1.82, 2.24) is 4.90 Å². The van der Waals surface area contributed by atoms with Gasteiger partial charge in [-0.1, -0.05) is 6.92 Å². The summed E-state index contributed by atoms with van der Waals surface area (Å²) in [6.07, 6.45) is 4.67. The third-order valence-electron chi connectivity index (χ3n) is 3.98. The number of carbonyl (C=O) groups is 1. The molecule has 2 aliphatic rings. The van der Waals surface area contributed by atoms with E-state index in [1.54, 1.807) is 0 Å². The van der Waals surface area contributed by atoms with Crippen LogP contribution in [0.2, 0.25) is 0 Å². The van der Waals surface area contributed by atoms with Crippen molar-refractivity contribution in [2.24, 2.45) is 11.7 Å². The molecule has 5 heteroatoms. The molecule has 2 aliphatic heterocycles. The second-order valence-electron chi connectivity index (χ2n) is 5.65. The molecule has 3 atom stereocenters. The molecule has 0 aliphatic carbocycles. The molecule has 0 bridgehead atoms. The zero-order valence-corrected chi connectivity index (χ0v) is 11.8. The van der Waals surface area contributed by atoms with Crippen LogP contribution in [-0.4, -0.2) is 55.9 Å². The minimum Gasteiger partial charge on any atom is -0.376 e. The molecule has 2 fully saturated rings. The summed E-state index contributed by atoms with van der Waals surface area (Å²) in [5, 5.41) is 0. The fraction of sp³-hybridized carbons (Fsp3) is 0.929. The number of hydrogen-bond acceptors (Lipinski definition) is 4. The van der Waals surface area contributed by atoms with Crippen LogP contribution in [-0.2, 0) is 14.3 Å². The van der Waals surface area contributed by atoms with Crippen LogP contribution >= 0.6 is 0 Å². The molecule has 2 heterocycles. The van der Waals surface area contributed by atoms with Crippen molar-refractivity contribution in [3.63, 3.8) is 0 Å². The van der Waals surface area contributed by atoms with Gasteiger partial charge < -0.3 is 20.1 Å². The van der Waals surface area contributed by atoms with E-state index in [-0.39, 0.29) is 24.0 Å². The third kappa shape index (κ3) is 4.16. The molecule has 2 rings (SSSR count). The quantitative estimate of drug-likeness (QED) is 0.774. The predicted octanol–water partition coefficient (Wildman–Crippen LogP) is 0.768. The zero-order chi connectivity index (χ0) is 13.7. The first-order chi connectivity index (χ1) is 9.20. The van der Waals surface area contributed by atoms with Crippen molar-refractivity contribution in [3.05, 3.63) is 0 Å². The Balaban J connectivity index is 1.92. The van der Waals surface area contributed by atoms with Crippen LogP contribution in [0.4, 0.5) is 0 Å². The van der Waals surface area contributed by atoms with Gasteiger partial charge in [0.25, 0.3) is 0 Å². The molecule has 0 radical (unpaired) electrons. The van der Waals surface area contributed by atoms with Gasteiger partial charge in [-0.15, -0.1) is 0 Å². The Labute approximate surface area is 115 Å². The van der Waals surface area contributed by atoms with E-state index in [0.717, 1.165) is 38.9 Å². The SMILES string of the molecule is CC(CN)C(=O)N(CC1CCCO1)CC1CCCO1. The van der Waals surface area contributed by atoms with Crippen molar-refractivity contribution in [2.75, 3.05) is 32.8 Å². The van der Waals surface area contributed by atoms with Crippen molar-refractivity contribution < 1.29 is 14.3 Å². The monoisotopic (exact) mass is 270 g/mol. The van der Waals surface area contributed by atoms with Gasteiger partial charge in [-0.05, 0) is 25.7 Å². The van der Waals surface area contributed by atoms with Gasteiger partial charge in [0.2, 0.25) is 5.91 Å². The second-order valence-corrected chi connectivity index (χ2v) is 5.65. The lowest BCUT2D eigenvalue weighted by atomic mass is 10.1. The lowest BCUT2D eigenvalue weighted by Gasteiger charge is -2.29. The number of nitrogens with two attached hydrogens (primary N) is 1. The Bertz CT molecular complexity index is 268. The standard InChI is InChI=1S/C14H26N2O3/c1-11(8-15)14(17)16(9-12-4-2-6-18-12)10-13-5-3-7-19-13/h11-13H,2-10,15H2,1H3. The molecule has 0 aromatic heterocycles. The Morgan fingerprint density at radius 3 is 2.11 bits per heavy atom. The summed E-state index contributed by atoms with van der Waals surface area (Å²) < 4.78 is 11.3. The van der Waals surface area contributed by atoms with Gasteiger partial charge in [0.05, 0.1) is 12.2 Å². The van der Waals surface area contributed by atoms with Gasteiger partial charge in [-0.25, -0.2) is 0 Å². The fourth-order valence-corrected chi connectivity index (χ4v) is 2.74. The van der Waals surface area contributed by atoms with E-state index in [4.69, 9.17) is 15.2 Å². The van der Waals surface area contributed by atoms with Gasteiger partial charge in [0.1, 0.15) is 0 Å². The molecular weight excluding hydrogens is 244 g/mol. The highest BCUT2D eigenvalue weighted by Gasteiger charge is 2.28. The average molecular weight is 270 g/mol. The molecule has 1 amide bonds. The summed E-state index contributed by atoms with van der Waals surface area (Å²) >= 11 is 0. The van der Waals surface area contributed by atoms with E-state index >= 15 is 0 Å². The van der Waals surface area contributed by atoms with E-state index in [1.165, 1.54) is 0 Å². The number of carbonyl (C=O) groups excluding carboxylic acids is 1. The maximum absolute atomic E-state index is 12.4. The van der Waals surface area contributed by atoms with Crippen LogP contribution in [0.5, 0.6) is 0 Å². The first-order valence-electron chi connectivity index (χ1n) is 7.42. The van der Waals surface area contributed by atoms with E-state index < -0.39 is 0 Å². The third-order valence-corrected chi connectivity index (χ3v) is 3.98. The van der Waals surface area contributed by atoms with Gasteiger partial charge in [-0.2, -0.15) is 0 Å². The van der Waals surface area contributed by atoms with E-state index in [9.17, 15) is 4.79 Å². The molecule has 110 valence electrons. The summed E-state index contributed by atoms with van der Waals surface area (Å²) in [6.45, 7) is 5.29. The molecule has 0 saturated carbocycles. The summed E-state index contributed by atoms with van der Waals surface area (Å²) in [5.41, 5.74) is 5.62. The average Bonchev–Trinajstić information content (AvgIpc) is 3.09. The predicted molar refractivity (Wildman–Crippen MR) is 72.7 cm³/mol. The Morgan fingerprint density at radius 2 is 1.74 bits per heavy atom. The van der Waals surface area contributed by atoms with Gasteiger partial charge in [0.15, 0.2) is 0 Å². The molecule has 2 saturated heterocycles. The van der Waals surface area contributed by atoms with Crippen LogP contribution in [0.25, 0.3) is 0 Å². The molecular formula is C14H26N2O3. The lowest BCUT2D eigenvalue weighted by Crippen LogP contribution is -2.45. The van der Waals surface area contributed by atoms with Crippen molar-refractivity contribution in [1.29, 1.82) is 0 Å². The van der Waals surface area contributed by atoms with Crippen LogP contribution in [0.3, 0.4) is 0 Å². The first-order valence-corrected chi connectivity index (χ1v) is 7.42. The Morgan fingerprint density at radius 1 is 1.21 bits per heavy atom. The van der Waals surface area contributed by atoms with Crippen molar-refractivity contribution in [3.8, 4) is 0 Å². The molecule has 0 aromatic carbocycles. The topological polar surface area (TPSA) is 64.8 Å². The number of amides is 1. The number of nitrogens with zero attached hydrogens (tertiary/aromatic N) is 1. The first kappa shape index (κ1) is 14.8. The smallest absolute Gasteiger partial charge is 0.226 e. The molecule has 3 unspecified atom stereocenters. The van der Waals surface area contributed by atoms with Gasteiger partial charge in [-0.3, -0.25) is 4.79 Å². The van der Waals surface area contributed by atoms with Gasteiger partial charge >= 0.3 is 0 Å². The van der Waals surface area contributed by atoms with Crippen LogP contribution in [0.1, 0.15) is 32.6 Å². The van der Waals surface area contributed by atoms with Crippen LogP contribution in [0, 0.1) is 5.92 Å². The summed E-state index contributed by atoms with van der Waals surface area (Å²) in [5.74, 6) is 0.0105. The highest BCUT2D eigenvalue weighted by Crippen LogP contribution is 2.18. The zero-order valence-electron chi connectivity index (χ0n) is 11.8. The second kappa shape index (κ2) is 7.22.